The number of rotatable bonds is 4. The van der Waals surface area contributed by atoms with Crippen molar-refractivity contribution in [2.45, 2.75) is 19.3 Å². The van der Waals surface area contributed by atoms with E-state index in [1.807, 2.05) is 30.3 Å². The molecule has 2 heteroatoms. The van der Waals surface area contributed by atoms with Crippen LogP contribution in [0.4, 0.5) is 0 Å². The van der Waals surface area contributed by atoms with Crippen LogP contribution in [-0.2, 0) is 16.0 Å². The van der Waals surface area contributed by atoms with E-state index in [1.165, 1.54) is 5.56 Å². The molecule has 1 saturated carbocycles. The first kappa shape index (κ1) is 9.25. The number of benzene rings is 1. The zero-order valence-electron chi connectivity index (χ0n) is 8.11. The fraction of sp³-hybridized carbons (Fsp3) is 0.417. The molecular formula is C12H14O2. The third-order valence-corrected chi connectivity index (χ3v) is 2.39. The van der Waals surface area contributed by atoms with Crippen molar-refractivity contribution >= 4 is 5.97 Å². The molecule has 2 nitrogen and oxygen atoms in total. The molecule has 1 aliphatic rings. The number of hydrogen-bond donors (Lipinski definition) is 0. The van der Waals surface area contributed by atoms with E-state index in [1.54, 1.807) is 0 Å². The second kappa shape index (κ2) is 4.27. The van der Waals surface area contributed by atoms with Gasteiger partial charge in [-0.1, -0.05) is 30.3 Å². The molecule has 0 bridgehead atoms. The van der Waals surface area contributed by atoms with Gasteiger partial charge in [0.05, 0.1) is 12.5 Å². The van der Waals surface area contributed by atoms with E-state index in [9.17, 15) is 4.79 Å². The second-order valence-corrected chi connectivity index (χ2v) is 3.68. The molecule has 2 rings (SSSR count). The summed E-state index contributed by atoms with van der Waals surface area (Å²) >= 11 is 0. The van der Waals surface area contributed by atoms with Crippen LogP contribution in [0, 0.1) is 5.92 Å². The molecule has 1 aromatic carbocycles. The summed E-state index contributed by atoms with van der Waals surface area (Å²) in [5, 5.41) is 0. The SMILES string of the molecule is O=C(OCCc1ccccc1)C1CC1. The largest absolute Gasteiger partial charge is 0.465 e. The summed E-state index contributed by atoms with van der Waals surface area (Å²) in [5.41, 5.74) is 1.22. The van der Waals surface area contributed by atoms with E-state index in [0.29, 0.717) is 6.61 Å². The molecule has 0 atom stereocenters. The van der Waals surface area contributed by atoms with Crippen LogP contribution < -0.4 is 0 Å². The van der Waals surface area contributed by atoms with Gasteiger partial charge in [0.25, 0.3) is 0 Å². The predicted octanol–water partition coefficient (Wildman–Crippen LogP) is 2.18. The van der Waals surface area contributed by atoms with Gasteiger partial charge in [-0.25, -0.2) is 0 Å². The molecule has 0 unspecified atom stereocenters. The molecule has 74 valence electrons. The zero-order chi connectivity index (χ0) is 9.80. The van der Waals surface area contributed by atoms with Gasteiger partial charge in [-0.2, -0.15) is 0 Å². The summed E-state index contributed by atoms with van der Waals surface area (Å²) in [6.45, 7) is 0.513. The molecule has 1 aliphatic carbocycles. The highest BCUT2D eigenvalue weighted by Crippen LogP contribution is 2.29. The lowest BCUT2D eigenvalue weighted by molar-refractivity contribution is -0.145. The molecule has 0 saturated heterocycles. The van der Waals surface area contributed by atoms with Crippen LogP contribution in [0.15, 0.2) is 30.3 Å². The van der Waals surface area contributed by atoms with Crippen molar-refractivity contribution in [3.63, 3.8) is 0 Å². The normalized spacial score (nSPS) is 15.1. The number of carbonyl (C=O) groups is 1. The standard InChI is InChI=1S/C12H14O2/c13-12(11-6-7-11)14-9-8-10-4-2-1-3-5-10/h1-5,11H,6-9H2. The van der Waals surface area contributed by atoms with Crippen molar-refractivity contribution in [3.8, 4) is 0 Å². The minimum Gasteiger partial charge on any atom is -0.465 e. The van der Waals surface area contributed by atoms with Crippen molar-refractivity contribution in [1.29, 1.82) is 0 Å². The van der Waals surface area contributed by atoms with E-state index < -0.39 is 0 Å². The van der Waals surface area contributed by atoms with Crippen LogP contribution in [-0.4, -0.2) is 12.6 Å². The fourth-order valence-corrected chi connectivity index (χ4v) is 1.35. The summed E-state index contributed by atoms with van der Waals surface area (Å²) in [7, 11) is 0. The Morgan fingerprint density at radius 3 is 2.64 bits per heavy atom. The van der Waals surface area contributed by atoms with Crippen LogP contribution in [0.1, 0.15) is 18.4 Å². The molecule has 0 aromatic heterocycles. The third-order valence-electron chi connectivity index (χ3n) is 2.39. The first-order valence-electron chi connectivity index (χ1n) is 5.07. The van der Waals surface area contributed by atoms with Crippen molar-refractivity contribution in [1.82, 2.24) is 0 Å². The van der Waals surface area contributed by atoms with E-state index >= 15 is 0 Å². The Balaban J connectivity index is 1.70. The topological polar surface area (TPSA) is 26.3 Å². The van der Waals surface area contributed by atoms with Gasteiger partial charge in [0.1, 0.15) is 0 Å². The zero-order valence-corrected chi connectivity index (χ0v) is 8.11. The first-order valence-corrected chi connectivity index (χ1v) is 5.07. The van der Waals surface area contributed by atoms with E-state index in [-0.39, 0.29) is 11.9 Å². The minimum atomic E-state index is -0.0130. The Hall–Kier alpha value is -1.31. The minimum absolute atomic E-state index is 0.0130. The number of esters is 1. The van der Waals surface area contributed by atoms with Crippen LogP contribution >= 0.6 is 0 Å². The molecule has 1 aromatic rings. The highest BCUT2D eigenvalue weighted by Gasteiger charge is 2.30. The third kappa shape index (κ3) is 2.59. The summed E-state index contributed by atoms with van der Waals surface area (Å²) in [5.74, 6) is 0.201. The lowest BCUT2D eigenvalue weighted by Crippen LogP contribution is -2.09. The Kier molecular flexibility index (Phi) is 2.82. The molecule has 0 spiro atoms. The van der Waals surface area contributed by atoms with Crippen LogP contribution in [0.3, 0.4) is 0 Å². The maximum Gasteiger partial charge on any atom is 0.308 e. The van der Waals surface area contributed by atoms with E-state index in [0.717, 1.165) is 19.3 Å². The molecule has 0 heterocycles. The Morgan fingerprint density at radius 1 is 1.29 bits per heavy atom. The van der Waals surface area contributed by atoms with Gasteiger partial charge in [0.2, 0.25) is 0 Å². The maximum absolute atomic E-state index is 11.2. The van der Waals surface area contributed by atoms with Gasteiger partial charge in [-0.05, 0) is 18.4 Å². The van der Waals surface area contributed by atoms with Crippen molar-refractivity contribution < 1.29 is 9.53 Å². The maximum atomic E-state index is 11.2. The summed E-state index contributed by atoms with van der Waals surface area (Å²) in [6, 6.07) is 10.1. The van der Waals surface area contributed by atoms with Gasteiger partial charge in [0, 0.05) is 6.42 Å². The average molecular weight is 190 g/mol. The molecule has 0 N–H and O–H groups in total. The quantitative estimate of drug-likeness (QED) is 0.680. The molecule has 14 heavy (non-hydrogen) atoms. The molecule has 0 amide bonds. The van der Waals surface area contributed by atoms with Crippen LogP contribution in [0.5, 0.6) is 0 Å². The highest BCUT2D eigenvalue weighted by molar-refractivity contribution is 5.74. The number of carbonyl (C=O) groups excluding carboxylic acids is 1. The Bertz CT molecular complexity index is 301. The number of ether oxygens (including phenoxy) is 1. The average Bonchev–Trinajstić information content (AvgIpc) is 3.02. The second-order valence-electron chi connectivity index (χ2n) is 3.68. The fourth-order valence-electron chi connectivity index (χ4n) is 1.35. The van der Waals surface area contributed by atoms with E-state index in [4.69, 9.17) is 4.74 Å². The highest BCUT2D eigenvalue weighted by atomic mass is 16.5. The van der Waals surface area contributed by atoms with Crippen LogP contribution in [0.25, 0.3) is 0 Å². The van der Waals surface area contributed by atoms with Crippen molar-refractivity contribution in [2.75, 3.05) is 6.61 Å². The van der Waals surface area contributed by atoms with Crippen LogP contribution in [0.2, 0.25) is 0 Å². The van der Waals surface area contributed by atoms with Gasteiger partial charge in [0.15, 0.2) is 0 Å². The molecule has 1 fully saturated rings. The summed E-state index contributed by atoms with van der Waals surface area (Å²) in [4.78, 5) is 11.2. The van der Waals surface area contributed by atoms with Crippen molar-refractivity contribution in [3.05, 3.63) is 35.9 Å². The van der Waals surface area contributed by atoms with Gasteiger partial charge < -0.3 is 4.74 Å². The molecule has 0 radical (unpaired) electrons. The lowest BCUT2D eigenvalue weighted by atomic mass is 10.2. The summed E-state index contributed by atoms with van der Waals surface area (Å²) < 4.78 is 5.13. The Labute approximate surface area is 83.9 Å². The Morgan fingerprint density at radius 2 is 2.00 bits per heavy atom. The van der Waals surface area contributed by atoms with Crippen molar-refractivity contribution in [2.24, 2.45) is 5.92 Å². The van der Waals surface area contributed by atoms with Gasteiger partial charge in [-0.15, -0.1) is 0 Å². The smallest absolute Gasteiger partial charge is 0.308 e. The summed E-state index contributed by atoms with van der Waals surface area (Å²) in [6.07, 6.45) is 2.85. The molecular weight excluding hydrogens is 176 g/mol. The van der Waals surface area contributed by atoms with E-state index in [2.05, 4.69) is 0 Å². The van der Waals surface area contributed by atoms with Gasteiger partial charge >= 0.3 is 5.97 Å². The number of hydrogen-bond acceptors (Lipinski definition) is 2. The lowest BCUT2D eigenvalue weighted by Gasteiger charge is -2.03. The van der Waals surface area contributed by atoms with Gasteiger partial charge in [-0.3, -0.25) is 4.79 Å². The molecule has 0 aliphatic heterocycles. The monoisotopic (exact) mass is 190 g/mol. The first-order chi connectivity index (χ1) is 6.86. The predicted molar refractivity (Wildman–Crippen MR) is 53.8 cm³/mol.